The maximum Gasteiger partial charge on any atom is 0.206 e. The SMILES string of the molecule is COc1cc2c(cc1OCc1ccccc1)N([S+](=O)([O-])c1cccc3cccnc13)CC21CCN(C)CC1. The Labute approximate surface area is 224 Å². The van der Waals surface area contributed by atoms with Gasteiger partial charge in [-0.3, -0.25) is 4.98 Å². The summed E-state index contributed by atoms with van der Waals surface area (Å²) in [6.07, 6.45) is 3.37. The molecule has 38 heavy (non-hydrogen) atoms. The third-order valence-corrected chi connectivity index (χ3v) is 9.70. The molecule has 1 atom stereocenters. The number of anilines is 1. The van der Waals surface area contributed by atoms with Crippen molar-refractivity contribution in [2.24, 2.45) is 0 Å². The van der Waals surface area contributed by atoms with E-state index in [2.05, 4.69) is 16.9 Å². The zero-order valence-electron chi connectivity index (χ0n) is 21.6. The van der Waals surface area contributed by atoms with Gasteiger partial charge in [-0.25, -0.2) is 0 Å². The van der Waals surface area contributed by atoms with Crippen LogP contribution < -0.4 is 13.8 Å². The average Bonchev–Trinajstić information content (AvgIpc) is 3.26. The molecule has 0 radical (unpaired) electrons. The number of benzene rings is 3. The van der Waals surface area contributed by atoms with Crippen LogP contribution in [0, 0.1) is 0 Å². The molecule has 4 aromatic rings. The molecule has 2 aliphatic heterocycles. The summed E-state index contributed by atoms with van der Waals surface area (Å²) >= 11 is 0. The second-order valence-electron chi connectivity index (χ2n) is 10.2. The third-order valence-electron chi connectivity index (χ3n) is 7.91. The summed E-state index contributed by atoms with van der Waals surface area (Å²) in [5.41, 5.74) is 2.87. The Hall–Kier alpha value is -3.46. The van der Waals surface area contributed by atoms with Gasteiger partial charge in [-0.05, 0) is 62.3 Å². The van der Waals surface area contributed by atoms with Crippen LogP contribution in [0.15, 0.2) is 83.9 Å². The number of rotatable bonds is 6. The molecule has 1 fully saturated rings. The van der Waals surface area contributed by atoms with Crippen molar-refractivity contribution in [2.45, 2.75) is 29.8 Å². The minimum atomic E-state index is -3.91. The molecule has 1 saturated heterocycles. The number of sulfonamides is 1. The molecule has 1 unspecified atom stereocenters. The molecule has 3 heterocycles. The van der Waals surface area contributed by atoms with E-state index in [0.717, 1.165) is 42.4 Å². The number of pyridine rings is 1. The number of hydrogen-bond acceptors (Lipinski definition) is 6. The van der Waals surface area contributed by atoms with Crippen molar-refractivity contribution < 1.29 is 18.2 Å². The van der Waals surface area contributed by atoms with Gasteiger partial charge in [-0.2, -0.15) is 4.31 Å². The normalized spacial score (nSPS) is 18.3. The molecule has 0 N–H and O–H groups in total. The lowest BCUT2D eigenvalue weighted by atomic mass is 9.74. The summed E-state index contributed by atoms with van der Waals surface area (Å²) in [6.45, 7) is 2.54. The van der Waals surface area contributed by atoms with Gasteiger partial charge in [-0.15, -0.1) is 0 Å². The molecule has 196 valence electrons. The van der Waals surface area contributed by atoms with E-state index in [1.165, 1.54) is 0 Å². The van der Waals surface area contributed by atoms with Gasteiger partial charge >= 0.3 is 0 Å². The molecule has 6 rings (SSSR count). The van der Waals surface area contributed by atoms with Crippen LogP contribution in [0.4, 0.5) is 5.69 Å². The maximum absolute atomic E-state index is 14.4. The van der Waals surface area contributed by atoms with Crippen molar-refractivity contribution in [1.82, 2.24) is 9.88 Å². The van der Waals surface area contributed by atoms with E-state index < -0.39 is 10.4 Å². The second-order valence-corrected chi connectivity index (χ2v) is 12.1. The van der Waals surface area contributed by atoms with E-state index >= 15 is 0 Å². The predicted molar refractivity (Wildman–Crippen MR) is 148 cm³/mol. The lowest BCUT2D eigenvalue weighted by Crippen LogP contribution is -2.46. The van der Waals surface area contributed by atoms with Gasteiger partial charge < -0.3 is 18.9 Å². The van der Waals surface area contributed by atoms with Gasteiger partial charge in [0.15, 0.2) is 21.9 Å². The maximum atomic E-state index is 14.4. The Kier molecular flexibility index (Phi) is 6.34. The first-order valence-corrected chi connectivity index (χ1v) is 14.3. The molecule has 2 aliphatic rings. The zero-order chi connectivity index (χ0) is 26.3. The Bertz CT molecular complexity index is 1510. The number of likely N-dealkylation sites (tertiary alicyclic amines) is 1. The van der Waals surface area contributed by atoms with Crippen LogP contribution in [0.1, 0.15) is 24.0 Å². The third kappa shape index (κ3) is 4.22. The highest BCUT2D eigenvalue weighted by molar-refractivity contribution is 7.99. The fourth-order valence-corrected chi connectivity index (χ4v) is 7.45. The lowest BCUT2D eigenvalue weighted by molar-refractivity contribution is 0.198. The Morgan fingerprint density at radius 2 is 1.76 bits per heavy atom. The van der Waals surface area contributed by atoms with Crippen LogP contribution in [0.3, 0.4) is 0 Å². The van der Waals surface area contributed by atoms with Crippen molar-refractivity contribution in [3.63, 3.8) is 0 Å². The second kappa shape index (κ2) is 9.69. The van der Waals surface area contributed by atoms with Crippen molar-refractivity contribution in [3.8, 4) is 11.5 Å². The summed E-state index contributed by atoms with van der Waals surface area (Å²) in [7, 11) is -0.170. The minimum absolute atomic E-state index is 0.217. The highest BCUT2D eigenvalue weighted by Crippen LogP contribution is 2.53. The van der Waals surface area contributed by atoms with E-state index in [0.29, 0.717) is 35.9 Å². The summed E-state index contributed by atoms with van der Waals surface area (Å²) < 4.78 is 42.2. The molecule has 0 bridgehead atoms. The predicted octanol–water partition coefficient (Wildman–Crippen LogP) is 5.21. The highest BCUT2D eigenvalue weighted by Gasteiger charge is 2.51. The minimum Gasteiger partial charge on any atom is -0.588 e. The molecule has 0 aliphatic carbocycles. The first-order valence-electron chi connectivity index (χ1n) is 12.9. The van der Waals surface area contributed by atoms with Gasteiger partial charge in [0.05, 0.1) is 19.3 Å². The molecular weight excluding hydrogens is 498 g/mol. The van der Waals surface area contributed by atoms with E-state index in [9.17, 15) is 8.76 Å². The topological polar surface area (TPSA) is 78.0 Å². The first-order chi connectivity index (χ1) is 18.4. The number of nitrogens with zero attached hydrogens (tertiary/aromatic N) is 3. The molecule has 3 aromatic carbocycles. The molecule has 1 aromatic heterocycles. The van der Waals surface area contributed by atoms with Crippen LogP contribution in [-0.2, 0) is 26.6 Å². The van der Waals surface area contributed by atoms with E-state index in [4.69, 9.17) is 9.47 Å². The van der Waals surface area contributed by atoms with Crippen LogP contribution in [0.5, 0.6) is 11.5 Å². The number of methoxy groups -OCH3 is 1. The number of fused-ring (bicyclic) bond motifs is 3. The van der Waals surface area contributed by atoms with Crippen LogP contribution >= 0.6 is 0 Å². The summed E-state index contributed by atoms with van der Waals surface area (Å²) in [5.74, 6) is 1.14. The molecule has 0 saturated carbocycles. The van der Waals surface area contributed by atoms with Gasteiger partial charge in [0.2, 0.25) is 4.90 Å². The number of ether oxygens (including phenoxy) is 2. The van der Waals surface area contributed by atoms with Gasteiger partial charge in [-0.1, -0.05) is 52.7 Å². The number of aromatic nitrogens is 1. The van der Waals surface area contributed by atoms with Crippen molar-refractivity contribution in [1.29, 1.82) is 0 Å². The van der Waals surface area contributed by atoms with Crippen molar-refractivity contribution in [2.75, 3.05) is 38.1 Å². The largest absolute Gasteiger partial charge is 0.588 e. The molecule has 0 amide bonds. The monoisotopic (exact) mass is 529 g/mol. The number of para-hydroxylation sites is 1. The average molecular weight is 530 g/mol. The smallest absolute Gasteiger partial charge is 0.206 e. The van der Waals surface area contributed by atoms with Crippen molar-refractivity contribution >= 4 is 27.0 Å². The van der Waals surface area contributed by atoms with Gasteiger partial charge in [0, 0.05) is 23.1 Å². The first kappa shape index (κ1) is 24.9. The van der Waals surface area contributed by atoms with E-state index in [-0.39, 0.29) is 10.3 Å². The van der Waals surface area contributed by atoms with Crippen LogP contribution in [0.2, 0.25) is 0 Å². The lowest BCUT2D eigenvalue weighted by Gasteiger charge is -2.38. The molecule has 8 heteroatoms. The zero-order valence-corrected chi connectivity index (χ0v) is 22.4. The van der Waals surface area contributed by atoms with Gasteiger partial charge in [0.25, 0.3) is 0 Å². The standard InChI is InChI=1S/C30H31N3O4S/c1-32-16-13-30(14-17-32)21-33(38(34,35)28-12-6-10-23-11-7-15-31-29(23)28)25-19-27(26(36-2)18-24(25)30)37-20-22-8-4-3-5-9-22/h3-12,15,18-19H,13-14,16-17,20-21H2,1-2H3. The molecule has 1 spiro atoms. The van der Waals surface area contributed by atoms with Gasteiger partial charge in [0.1, 0.15) is 12.1 Å². The summed E-state index contributed by atoms with van der Waals surface area (Å²) in [5, 5.41) is 0.795. The number of piperidine rings is 1. The van der Waals surface area contributed by atoms with E-state index in [1.54, 1.807) is 29.7 Å². The molecule has 7 nitrogen and oxygen atoms in total. The highest BCUT2D eigenvalue weighted by atomic mass is 32.3. The fraction of sp³-hybridized carbons (Fsp3) is 0.300. The van der Waals surface area contributed by atoms with Crippen molar-refractivity contribution in [3.05, 3.63) is 90.1 Å². The Morgan fingerprint density at radius 1 is 1.00 bits per heavy atom. The van der Waals surface area contributed by atoms with Crippen LogP contribution in [-0.4, -0.2) is 48.2 Å². The quantitative estimate of drug-likeness (QED) is 0.319. The fourth-order valence-electron chi connectivity index (χ4n) is 5.72. The van der Waals surface area contributed by atoms with Crippen LogP contribution in [0.25, 0.3) is 10.9 Å². The van der Waals surface area contributed by atoms with E-state index in [1.807, 2.05) is 60.7 Å². The molecular formula is C30H31N3O4S. The summed E-state index contributed by atoms with van der Waals surface area (Å²) in [6, 6.07) is 22.8. The summed E-state index contributed by atoms with van der Waals surface area (Å²) in [4.78, 5) is 6.95. The Balaban J connectivity index is 1.47. The number of hydrogen-bond donors (Lipinski definition) is 0. The Morgan fingerprint density at radius 3 is 2.53 bits per heavy atom.